The standard InChI is InChI=1S/C19H19N3/c1-13(14-7-3-2-4-8-14)20-19-16-9-5-6-10-17(16)21-18(22-19)15-11-12-15/h2-10,13,15H,11-12H2,1H3,(H,20,21,22)/t13-/m0/s1. The number of benzene rings is 2. The van der Waals surface area contributed by atoms with Crippen molar-refractivity contribution >= 4 is 16.7 Å². The van der Waals surface area contributed by atoms with Gasteiger partial charge < -0.3 is 5.32 Å². The molecular formula is C19H19N3. The molecule has 1 fully saturated rings. The average Bonchev–Trinajstić information content (AvgIpc) is 3.40. The Morgan fingerprint density at radius 3 is 2.45 bits per heavy atom. The van der Waals surface area contributed by atoms with Gasteiger partial charge in [-0.3, -0.25) is 0 Å². The molecule has 1 atom stereocenters. The number of rotatable bonds is 4. The summed E-state index contributed by atoms with van der Waals surface area (Å²) in [5, 5.41) is 4.67. The van der Waals surface area contributed by atoms with Crippen molar-refractivity contribution in [3.63, 3.8) is 0 Å². The molecule has 3 aromatic rings. The first-order chi connectivity index (χ1) is 10.8. The lowest BCUT2D eigenvalue weighted by Crippen LogP contribution is -2.10. The Hall–Kier alpha value is -2.42. The van der Waals surface area contributed by atoms with E-state index in [0.29, 0.717) is 5.92 Å². The Bertz CT molecular complexity index is 794. The Morgan fingerprint density at radius 2 is 1.68 bits per heavy atom. The van der Waals surface area contributed by atoms with Gasteiger partial charge in [-0.1, -0.05) is 42.5 Å². The number of hydrogen-bond acceptors (Lipinski definition) is 3. The van der Waals surface area contributed by atoms with Gasteiger partial charge in [0.2, 0.25) is 0 Å². The van der Waals surface area contributed by atoms with Gasteiger partial charge in [-0.25, -0.2) is 9.97 Å². The third kappa shape index (κ3) is 2.54. The lowest BCUT2D eigenvalue weighted by atomic mass is 10.1. The highest BCUT2D eigenvalue weighted by Gasteiger charge is 2.27. The van der Waals surface area contributed by atoms with E-state index in [2.05, 4.69) is 48.6 Å². The predicted molar refractivity (Wildman–Crippen MR) is 90.0 cm³/mol. The zero-order valence-corrected chi connectivity index (χ0v) is 12.7. The van der Waals surface area contributed by atoms with Crippen molar-refractivity contribution in [1.29, 1.82) is 0 Å². The maximum Gasteiger partial charge on any atom is 0.138 e. The highest BCUT2D eigenvalue weighted by molar-refractivity contribution is 5.89. The number of para-hydroxylation sites is 1. The van der Waals surface area contributed by atoms with Gasteiger partial charge in [0, 0.05) is 17.3 Å². The molecule has 0 aliphatic heterocycles. The number of anilines is 1. The maximum absolute atomic E-state index is 4.81. The van der Waals surface area contributed by atoms with Gasteiger partial charge in [0.15, 0.2) is 0 Å². The van der Waals surface area contributed by atoms with Crippen molar-refractivity contribution in [2.45, 2.75) is 31.7 Å². The third-order valence-electron chi connectivity index (χ3n) is 4.22. The molecule has 4 rings (SSSR count). The second-order valence-corrected chi connectivity index (χ2v) is 6.00. The van der Waals surface area contributed by atoms with E-state index >= 15 is 0 Å². The monoisotopic (exact) mass is 289 g/mol. The van der Waals surface area contributed by atoms with Gasteiger partial charge in [-0.15, -0.1) is 0 Å². The predicted octanol–water partition coefficient (Wildman–Crippen LogP) is 4.68. The number of fused-ring (bicyclic) bond motifs is 1. The second kappa shape index (κ2) is 5.41. The molecular weight excluding hydrogens is 270 g/mol. The van der Waals surface area contributed by atoms with E-state index < -0.39 is 0 Å². The van der Waals surface area contributed by atoms with Crippen LogP contribution < -0.4 is 5.32 Å². The smallest absolute Gasteiger partial charge is 0.138 e. The van der Waals surface area contributed by atoms with Crippen LogP contribution in [-0.4, -0.2) is 9.97 Å². The Kier molecular flexibility index (Phi) is 3.26. The summed E-state index contributed by atoms with van der Waals surface area (Å²) in [6, 6.07) is 18.9. The molecule has 0 unspecified atom stereocenters. The summed E-state index contributed by atoms with van der Waals surface area (Å²) >= 11 is 0. The van der Waals surface area contributed by atoms with Crippen LogP contribution in [0, 0.1) is 0 Å². The zero-order chi connectivity index (χ0) is 14.9. The Balaban J connectivity index is 1.73. The van der Waals surface area contributed by atoms with Crippen LogP contribution in [0.4, 0.5) is 5.82 Å². The molecule has 0 amide bonds. The molecule has 3 nitrogen and oxygen atoms in total. The van der Waals surface area contributed by atoms with Gasteiger partial charge >= 0.3 is 0 Å². The fourth-order valence-corrected chi connectivity index (χ4v) is 2.76. The summed E-state index contributed by atoms with van der Waals surface area (Å²) in [5.74, 6) is 2.49. The molecule has 0 radical (unpaired) electrons. The first-order valence-corrected chi connectivity index (χ1v) is 7.89. The Labute approximate surface area is 130 Å². The highest BCUT2D eigenvalue weighted by Crippen LogP contribution is 2.39. The van der Waals surface area contributed by atoms with Crippen molar-refractivity contribution in [2.75, 3.05) is 5.32 Å². The molecule has 1 aliphatic carbocycles. The minimum absolute atomic E-state index is 0.214. The van der Waals surface area contributed by atoms with Crippen LogP contribution in [0.5, 0.6) is 0 Å². The molecule has 1 aromatic heterocycles. The largest absolute Gasteiger partial charge is 0.363 e. The lowest BCUT2D eigenvalue weighted by molar-refractivity contribution is 0.862. The van der Waals surface area contributed by atoms with Crippen molar-refractivity contribution < 1.29 is 0 Å². The number of nitrogens with one attached hydrogen (secondary N) is 1. The normalized spacial score (nSPS) is 15.7. The molecule has 0 saturated heterocycles. The molecule has 1 heterocycles. The number of aromatic nitrogens is 2. The van der Waals surface area contributed by atoms with Crippen molar-refractivity contribution in [3.8, 4) is 0 Å². The van der Waals surface area contributed by atoms with Crippen LogP contribution in [0.15, 0.2) is 54.6 Å². The van der Waals surface area contributed by atoms with Crippen LogP contribution in [0.2, 0.25) is 0 Å². The third-order valence-corrected chi connectivity index (χ3v) is 4.22. The molecule has 2 aromatic carbocycles. The van der Waals surface area contributed by atoms with E-state index in [1.54, 1.807) is 0 Å². The minimum Gasteiger partial charge on any atom is -0.363 e. The molecule has 0 spiro atoms. The van der Waals surface area contributed by atoms with Crippen LogP contribution in [0.25, 0.3) is 10.9 Å². The molecule has 22 heavy (non-hydrogen) atoms. The van der Waals surface area contributed by atoms with Crippen molar-refractivity contribution in [2.24, 2.45) is 0 Å². The van der Waals surface area contributed by atoms with E-state index in [1.807, 2.05) is 18.2 Å². The van der Waals surface area contributed by atoms with Crippen molar-refractivity contribution in [1.82, 2.24) is 9.97 Å². The fourth-order valence-electron chi connectivity index (χ4n) is 2.76. The van der Waals surface area contributed by atoms with E-state index in [1.165, 1.54) is 18.4 Å². The number of nitrogens with zero attached hydrogens (tertiary/aromatic N) is 2. The zero-order valence-electron chi connectivity index (χ0n) is 12.7. The Morgan fingerprint density at radius 1 is 0.955 bits per heavy atom. The van der Waals surface area contributed by atoms with E-state index in [4.69, 9.17) is 9.97 Å². The summed E-state index contributed by atoms with van der Waals surface area (Å²) in [6.07, 6.45) is 2.43. The van der Waals surface area contributed by atoms with E-state index in [-0.39, 0.29) is 6.04 Å². The van der Waals surface area contributed by atoms with E-state index in [0.717, 1.165) is 22.5 Å². The average molecular weight is 289 g/mol. The van der Waals surface area contributed by atoms with Gasteiger partial charge in [-0.2, -0.15) is 0 Å². The van der Waals surface area contributed by atoms with Crippen LogP contribution >= 0.6 is 0 Å². The molecule has 1 saturated carbocycles. The summed E-state index contributed by atoms with van der Waals surface area (Å²) in [7, 11) is 0. The van der Waals surface area contributed by atoms with Gasteiger partial charge in [-0.05, 0) is 37.5 Å². The minimum atomic E-state index is 0.214. The summed E-state index contributed by atoms with van der Waals surface area (Å²) in [6.45, 7) is 2.17. The first kappa shape index (κ1) is 13.3. The fraction of sp³-hybridized carbons (Fsp3) is 0.263. The SMILES string of the molecule is C[C@H](Nc1nc(C2CC2)nc2ccccc12)c1ccccc1. The van der Waals surface area contributed by atoms with Gasteiger partial charge in [0.25, 0.3) is 0 Å². The van der Waals surface area contributed by atoms with Gasteiger partial charge in [0.1, 0.15) is 11.6 Å². The summed E-state index contributed by atoms with van der Waals surface area (Å²) in [5.41, 5.74) is 2.29. The van der Waals surface area contributed by atoms with Gasteiger partial charge in [0.05, 0.1) is 5.52 Å². The highest BCUT2D eigenvalue weighted by atomic mass is 15.1. The van der Waals surface area contributed by atoms with Crippen LogP contribution in [0.1, 0.15) is 43.1 Å². The molecule has 0 bridgehead atoms. The topological polar surface area (TPSA) is 37.8 Å². The van der Waals surface area contributed by atoms with Crippen molar-refractivity contribution in [3.05, 3.63) is 66.0 Å². The summed E-state index contributed by atoms with van der Waals surface area (Å²) in [4.78, 5) is 9.53. The molecule has 1 aliphatic rings. The first-order valence-electron chi connectivity index (χ1n) is 7.89. The van der Waals surface area contributed by atoms with E-state index in [9.17, 15) is 0 Å². The van der Waals surface area contributed by atoms with Crippen LogP contribution in [0.3, 0.4) is 0 Å². The number of hydrogen-bond donors (Lipinski definition) is 1. The maximum atomic E-state index is 4.81. The second-order valence-electron chi connectivity index (χ2n) is 6.00. The van der Waals surface area contributed by atoms with Crippen LogP contribution in [-0.2, 0) is 0 Å². The molecule has 3 heteroatoms. The molecule has 1 N–H and O–H groups in total. The lowest BCUT2D eigenvalue weighted by Gasteiger charge is -2.17. The summed E-state index contributed by atoms with van der Waals surface area (Å²) < 4.78 is 0. The molecule has 110 valence electrons. The quantitative estimate of drug-likeness (QED) is 0.757.